The van der Waals surface area contributed by atoms with Crippen molar-refractivity contribution in [3.8, 4) is 0 Å². The number of nitrogens with one attached hydrogen (secondary N) is 1. The van der Waals surface area contributed by atoms with Crippen LogP contribution in [0.5, 0.6) is 0 Å². The summed E-state index contributed by atoms with van der Waals surface area (Å²) in [6.07, 6.45) is 55.1. The van der Waals surface area contributed by atoms with Crippen molar-refractivity contribution in [2.45, 2.75) is 251 Å². The quantitative estimate of drug-likeness (QED) is 0.0243. The lowest BCUT2D eigenvalue weighted by atomic mass is 10.0. The van der Waals surface area contributed by atoms with E-state index in [1.54, 1.807) is 6.08 Å². The van der Waals surface area contributed by atoms with Gasteiger partial charge in [0, 0.05) is 6.42 Å². The third kappa shape index (κ3) is 46.5. The van der Waals surface area contributed by atoms with Crippen LogP contribution in [0.3, 0.4) is 0 Å². The molecular formula is C52H102N2O6P+. The highest BCUT2D eigenvalue weighted by Gasteiger charge is 2.27. The molecule has 8 nitrogen and oxygen atoms in total. The van der Waals surface area contributed by atoms with Crippen LogP contribution in [0.25, 0.3) is 0 Å². The molecule has 0 aromatic carbocycles. The van der Waals surface area contributed by atoms with Crippen molar-refractivity contribution in [3.05, 3.63) is 36.5 Å². The molecule has 0 aliphatic rings. The smallest absolute Gasteiger partial charge is 0.387 e. The van der Waals surface area contributed by atoms with E-state index in [1.807, 2.05) is 27.2 Å². The Labute approximate surface area is 378 Å². The number of likely N-dealkylation sites (N-methyl/N-ethyl adjacent to an activating group) is 1. The monoisotopic (exact) mass is 882 g/mol. The minimum absolute atomic E-state index is 0.0599. The number of quaternary nitrogens is 1. The summed E-state index contributed by atoms with van der Waals surface area (Å²) in [6.45, 7) is 4.80. The lowest BCUT2D eigenvalue weighted by Gasteiger charge is -2.25. The summed E-state index contributed by atoms with van der Waals surface area (Å²) in [5.74, 6) is -0.184. The van der Waals surface area contributed by atoms with Crippen molar-refractivity contribution < 1.29 is 32.9 Å². The maximum absolute atomic E-state index is 12.9. The van der Waals surface area contributed by atoms with Crippen molar-refractivity contribution in [3.63, 3.8) is 0 Å². The number of unbranched alkanes of at least 4 members (excludes halogenated alkanes) is 30. The molecule has 3 unspecified atom stereocenters. The molecular weight excluding hydrogens is 780 g/mol. The lowest BCUT2D eigenvalue weighted by Crippen LogP contribution is -2.45. The van der Waals surface area contributed by atoms with E-state index in [4.69, 9.17) is 9.05 Å². The van der Waals surface area contributed by atoms with E-state index >= 15 is 0 Å². The Bertz CT molecular complexity index is 1090. The summed E-state index contributed by atoms with van der Waals surface area (Å²) in [5.41, 5.74) is 0. The lowest BCUT2D eigenvalue weighted by molar-refractivity contribution is -0.870. The molecule has 0 radical (unpaired) electrons. The van der Waals surface area contributed by atoms with Crippen LogP contribution in [-0.4, -0.2) is 73.4 Å². The fourth-order valence-electron chi connectivity index (χ4n) is 7.48. The van der Waals surface area contributed by atoms with Gasteiger partial charge in [-0.05, 0) is 51.4 Å². The van der Waals surface area contributed by atoms with Crippen molar-refractivity contribution in [2.75, 3.05) is 40.9 Å². The van der Waals surface area contributed by atoms with Crippen LogP contribution in [0.4, 0.5) is 0 Å². The highest BCUT2D eigenvalue weighted by molar-refractivity contribution is 7.47. The Hall–Kier alpha value is -1.28. The second kappa shape index (κ2) is 43.9. The average Bonchev–Trinajstić information content (AvgIpc) is 3.21. The molecule has 0 spiro atoms. The van der Waals surface area contributed by atoms with E-state index in [-0.39, 0.29) is 19.1 Å². The van der Waals surface area contributed by atoms with Crippen LogP contribution in [0.1, 0.15) is 239 Å². The number of carbonyl (C=O) groups is 1. The summed E-state index contributed by atoms with van der Waals surface area (Å²) in [7, 11) is 1.57. The molecule has 0 rings (SSSR count). The second-order valence-electron chi connectivity index (χ2n) is 18.9. The van der Waals surface area contributed by atoms with E-state index in [0.29, 0.717) is 17.4 Å². The van der Waals surface area contributed by atoms with E-state index in [0.717, 1.165) is 51.4 Å². The number of hydrogen-bond acceptors (Lipinski definition) is 5. The van der Waals surface area contributed by atoms with Crippen LogP contribution in [0.2, 0.25) is 0 Å². The van der Waals surface area contributed by atoms with Gasteiger partial charge in [0.15, 0.2) is 0 Å². The molecule has 0 aromatic heterocycles. The zero-order chi connectivity index (χ0) is 45.0. The molecule has 0 aliphatic carbocycles. The van der Waals surface area contributed by atoms with Gasteiger partial charge in [0.05, 0.1) is 39.9 Å². The Morgan fingerprint density at radius 1 is 0.557 bits per heavy atom. The van der Waals surface area contributed by atoms with Crippen LogP contribution in [0.15, 0.2) is 36.5 Å². The zero-order valence-corrected chi connectivity index (χ0v) is 41.8. The number of aliphatic hydroxyl groups is 1. The first-order valence-corrected chi connectivity index (χ1v) is 27.4. The van der Waals surface area contributed by atoms with Crippen molar-refractivity contribution in [2.24, 2.45) is 0 Å². The summed E-state index contributed by atoms with van der Waals surface area (Å²) in [5, 5.41) is 13.9. The number of allylic oxidation sites excluding steroid dienone is 5. The number of amides is 1. The molecule has 0 aliphatic heterocycles. The Morgan fingerprint density at radius 3 is 1.38 bits per heavy atom. The largest absolute Gasteiger partial charge is 0.472 e. The van der Waals surface area contributed by atoms with Gasteiger partial charge in [-0.2, -0.15) is 0 Å². The van der Waals surface area contributed by atoms with Gasteiger partial charge in [-0.1, -0.05) is 217 Å². The van der Waals surface area contributed by atoms with Crippen molar-refractivity contribution in [1.29, 1.82) is 0 Å². The number of phosphoric acid groups is 1. The maximum Gasteiger partial charge on any atom is 0.472 e. The normalized spacial score (nSPS) is 14.4. The highest BCUT2D eigenvalue weighted by atomic mass is 31.2. The van der Waals surface area contributed by atoms with Gasteiger partial charge in [-0.25, -0.2) is 4.57 Å². The molecule has 61 heavy (non-hydrogen) atoms. The van der Waals surface area contributed by atoms with Crippen molar-refractivity contribution >= 4 is 13.7 Å². The third-order valence-corrected chi connectivity index (χ3v) is 12.6. The first kappa shape index (κ1) is 59.7. The van der Waals surface area contributed by atoms with Gasteiger partial charge in [0.1, 0.15) is 13.2 Å². The molecule has 3 N–H and O–H groups in total. The molecule has 0 heterocycles. The molecule has 0 saturated carbocycles. The SMILES string of the molecule is CCCCC/C=C\C/C=C\CCCCCCCCCC(=O)NC(COP(=O)(O)OCC[N+](C)(C)C)C(O)/C=C/CCCCCCCCCCCCCCCCCCCCCC. The predicted octanol–water partition coefficient (Wildman–Crippen LogP) is 15.0. The van der Waals surface area contributed by atoms with Crippen LogP contribution in [-0.2, 0) is 18.4 Å². The summed E-state index contributed by atoms with van der Waals surface area (Å²) >= 11 is 0. The molecule has 9 heteroatoms. The number of aliphatic hydroxyl groups excluding tert-OH is 1. The van der Waals surface area contributed by atoms with E-state index < -0.39 is 20.0 Å². The van der Waals surface area contributed by atoms with E-state index in [9.17, 15) is 19.4 Å². The Morgan fingerprint density at radius 2 is 0.934 bits per heavy atom. The molecule has 3 atom stereocenters. The van der Waals surface area contributed by atoms with Crippen molar-refractivity contribution in [1.82, 2.24) is 5.32 Å². The minimum atomic E-state index is -4.34. The number of hydrogen-bond donors (Lipinski definition) is 3. The maximum atomic E-state index is 12.9. The van der Waals surface area contributed by atoms with Gasteiger partial charge in [-0.15, -0.1) is 0 Å². The molecule has 0 aromatic rings. The first-order valence-electron chi connectivity index (χ1n) is 25.9. The Kier molecular flexibility index (Phi) is 43.0. The van der Waals surface area contributed by atoms with E-state index in [1.165, 1.54) is 167 Å². The topological polar surface area (TPSA) is 105 Å². The number of phosphoric ester groups is 1. The first-order chi connectivity index (χ1) is 29.5. The average molecular weight is 882 g/mol. The summed E-state index contributed by atoms with van der Waals surface area (Å²) in [6, 6.07) is -0.850. The molecule has 360 valence electrons. The standard InChI is InChI=1S/C52H101N2O6P/c1-6-8-10-12-14-16-18-20-22-24-25-26-27-28-30-31-33-35-37-39-41-43-45-51(55)50(49-60-61(57,58)59-48-47-54(3,4)5)53-52(56)46-44-42-40-38-36-34-32-29-23-21-19-17-15-13-11-9-7-2/h15,17,21,23,43,45,50-51,55H,6-14,16,18-20,22,24-42,44,46-49H2,1-5H3,(H-,53,56,57,58)/p+1/b17-15-,23-21-,45-43+. The Balaban J connectivity index is 4.31. The van der Waals surface area contributed by atoms with Gasteiger partial charge < -0.3 is 19.8 Å². The predicted molar refractivity (Wildman–Crippen MR) is 263 cm³/mol. The summed E-state index contributed by atoms with van der Waals surface area (Å²) in [4.78, 5) is 23.2. The molecule has 0 saturated heterocycles. The third-order valence-electron chi connectivity index (χ3n) is 11.6. The van der Waals surface area contributed by atoms with Gasteiger partial charge in [0.25, 0.3) is 0 Å². The van der Waals surface area contributed by atoms with Gasteiger partial charge in [-0.3, -0.25) is 13.8 Å². The molecule has 1 amide bonds. The zero-order valence-electron chi connectivity index (χ0n) is 40.9. The highest BCUT2D eigenvalue weighted by Crippen LogP contribution is 2.43. The van der Waals surface area contributed by atoms with E-state index in [2.05, 4.69) is 43.5 Å². The van der Waals surface area contributed by atoms with Crippen LogP contribution in [0, 0.1) is 0 Å². The number of carbonyl (C=O) groups excluding carboxylic acids is 1. The minimum Gasteiger partial charge on any atom is -0.387 e. The van der Waals surface area contributed by atoms with Crippen LogP contribution < -0.4 is 5.32 Å². The fourth-order valence-corrected chi connectivity index (χ4v) is 8.22. The number of nitrogens with zero attached hydrogens (tertiary/aromatic N) is 1. The fraction of sp³-hybridized carbons (Fsp3) is 0.865. The van der Waals surface area contributed by atoms with Gasteiger partial charge in [0.2, 0.25) is 5.91 Å². The second-order valence-corrected chi connectivity index (χ2v) is 20.4. The van der Waals surface area contributed by atoms with Crippen LogP contribution >= 0.6 is 7.82 Å². The molecule has 0 fully saturated rings. The summed E-state index contributed by atoms with van der Waals surface area (Å²) < 4.78 is 23.6. The number of rotatable bonds is 47. The molecule has 0 bridgehead atoms. The van der Waals surface area contributed by atoms with Gasteiger partial charge >= 0.3 is 7.82 Å².